The highest BCUT2D eigenvalue weighted by atomic mass is 32.2. The van der Waals surface area contributed by atoms with Gasteiger partial charge in [0.1, 0.15) is 5.75 Å². The number of ether oxygens (including phenoxy) is 1. The number of benzene rings is 2. The average Bonchev–Trinajstić information content (AvgIpc) is 2.66. The number of hydrogen-bond donors (Lipinski definition) is 0. The molecule has 2 fully saturated rings. The molecule has 0 unspecified atom stereocenters. The molecular formula is C23H27NOS. The Hall–Kier alpha value is -1.45. The van der Waals surface area contributed by atoms with E-state index < -0.39 is 0 Å². The average molecular weight is 366 g/mol. The van der Waals surface area contributed by atoms with Crippen LogP contribution < -0.4 is 4.74 Å². The van der Waals surface area contributed by atoms with Crippen molar-refractivity contribution in [3.63, 3.8) is 0 Å². The molecule has 2 aromatic carbocycles. The third-order valence-electron chi connectivity index (χ3n) is 6.78. The molecule has 0 amide bonds. The third kappa shape index (κ3) is 2.59. The summed E-state index contributed by atoms with van der Waals surface area (Å²) >= 11 is 1.89. The lowest BCUT2D eigenvalue weighted by atomic mass is 9.67. The second-order valence-corrected chi connectivity index (χ2v) is 9.17. The molecule has 1 aliphatic carbocycles. The van der Waals surface area contributed by atoms with E-state index >= 15 is 0 Å². The number of hydrogen-bond acceptors (Lipinski definition) is 3. The van der Waals surface area contributed by atoms with Gasteiger partial charge in [-0.3, -0.25) is 0 Å². The molecule has 1 saturated heterocycles. The molecule has 2 aliphatic heterocycles. The summed E-state index contributed by atoms with van der Waals surface area (Å²) in [7, 11) is 1.80. The fourth-order valence-corrected chi connectivity index (χ4v) is 6.43. The number of rotatable bonds is 3. The first kappa shape index (κ1) is 16.7. The molecule has 1 saturated carbocycles. The summed E-state index contributed by atoms with van der Waals surface area (Å²) in [5.41, 5.74) is 3.18. The van der Waals surface area contributed by atoms with Crippen LogP contribution in [-0.4, -0.2) is 31.6 Å². The predicted octanol–water partition coefficient (Wildman–Crippen LogP) is 5.34. The van der Waals surface area contributed by atoms with Crippen LogP contribution in [-0.2, 0) is 5.41 Å². The number of methoxy groups -OCH3 is 1. The lowest BCUT2D eigenvalue weighted by Crippen LogP contribution is -2.46. The number of fused-ring (bicyclic) bond motifs is 4. The standard InChI is InChI=1S/C23H27NOS/c1-25-20-10-5-9-19-22(20)26-21-11-3-2-8-18(21)23(19)12-14-24(15-13-23)16-17-6-4-7-17/h2-3,5,8-11,17H,4,6-7,12-16H2,1H3. The minimum atomic E-state index is 0.155. The second kappa shape index (κ2) is 6.61. The summed E-state index contributed by atoms with van der Waals surface area (Å²) in [5.74, 6) is 1.99. The smallest absolute Gasteiger partial charge is 0.133 e. The molecule has 1 spiro atoms. The van der Waals surface area contributed by atoms with Crippen LogP contribution in [0.5, 0.6) is 5.75 Å². The van der Waals surface area contributed by atoms with Gasteiger partial charge in [-0.2, -0.15) is 0 Å². The van der Waals surface area contributed by atoms with Gasteiger partial charge in [-0.05, 0) is 68.0 Å². The minimum absolute atomic E-state index is 0.155. The SMILES string of the molecule is COc1cccc2c1Sc1ccccc1C21CCN(CC2CCC2)CC1. The van der Waals surface area contributed by atoms with Crippen molar-refractivity contribution in [2.24, 2.45) is 5.92 Å². The van der Waals surface area contributed by atoms with Crippen molar-refractivity contribution in [3.8, 4) is 5.75 Å². The fraction of sp³-hybridized carbons (Fsp3) is 0.478. The Labute approximate surface area is 160 Å². The van der Waals surface area contributed by atoms with Crippen LogP contribution in [0.1, 0.15) is 43.2 Å². The van der Waals surface area contributed by atoms with E-state index in [9.17, 15) is 0 Å². The Bertz CT molecular complexity index is 806. The van der Waals surface area contributed by atoms with E-state index in [0.717, 1.165) is 11.7 Å². The molecule has 0 N–H and O–H groups in total. The summed E-state index contributed by atoms with van der Waals surface area (Å²) in [6.07, 6.45) is 6.78. The minimum Gasteiger partial charge on any atom is -0.496 e. The monoisotopic (exact) mass is 365 g/mol. The molecular weight excluding hydrogens is 338 g/mol. The van der Waals surface area contributed by atoms with Crippen LogP contribution in [0.3, 0.4) is 0 Å². The second-order valence-electron chi connectivity index (χ2n) is 8.11. The van der Waals surface area contributed by atoms with Gasteiger partial charge in [-0.1, -0.05) is 48.5 Å². The first-order valence-corrected chi connectivity index (χ1v) is 10.8. The highest BCUT2D eigenvalue weighted by Gasteiger charge is 2.44. The third-order valence-corrected chi connectivity index (χ3v) is 7.98. The van der Waals surface area contributed by atoms with Crippen molar-refractivity contribution in [2.45, 2.75) is 47.3 Å². The Balaban J connectivity index is 1.52. The topological polar surface area (TPSA) is 12.5 Å². The van der Waals surface area contributed by atoms with Crippen molar-refractivity contribution in [2.75, 3.05) is 26.7 Å². The van der Waals surface area contributed by atoms with Crippen LogP contribution in [0.2, 0.25) is 0 Å². The van der Waals surface area contributed by atoms with E-state index in [1.54, 1.807) is 7.11 Å². The molecule has 0 radical (unpaired) electrons. The van der Waals surface area contributed by atoms with Crippen molar-refractivity contribution in [3.05, 3.63) is 53.6 Å². The molecule has 3 heteroatoms. The number of piperidine rings is 1. The molecule has 136 valence electrons. The van der Waals surface area contributed by atoms with Gasteiger partial charge < -0.3 is 9.64 Å². The quantitative estimate of drug-likeness (QED) is 0.728. The van der Waals surface area contributed by atoms with Crippen molar-refractivity contribution in [1.82, 2.24) is 4.90 Å². The van der Waals surface area contributed by atoms with Crippen molar-refractivity contribution in [1.29, 1.82) is 0 Å². The first-order valence-electron chi connectivity index (χ1n) is 9.97. The van der Waals surface area contributed by atoms with Crippen molar-refractivity contribution < 1.29 is 4.74 Å². The summed E-state index contributed by atoms with van der Waals surface area (Å²) in [5, 5.41) is 0. The number of nitrogens with zero attached hydrogens (tertiary/aromatic N) is 1. The summed E-state index contributed by atoms with van der Waals surface area (Å²) in [6.45, 7) is 3.75. The van der Waals surface area contributed by atoms with Gasteiger partial charge >= 0.3 is 0 Å². The van der Waals surface area contributed by atoms with Gasteiger partial charge in [0.25, 0.3) is 0 Å². The summed E-state index contributed by atoms with van der Waals surface area (Å²) < 4.78 is 5.73. The Kier molecular flexibility index (Phi) is 4.25. The van der Waals surface area contributed by atoms with E-state index in [0.29, 0.717) is 0 Å². The van der Waals surface area contributed by atoms with Crippen LogP contribution in [0.15, 0.2) is 52.3 Å². The predicted molar refractivity (Wildman–Crippen MR) is 107 cm³/mol. The lowest BCUT2D eigenvalue weighted by Gasteiger charge is -2.47. The maximum atomic E-state index is 5.73. The normalized spacial score (nSPS) is 21.7. The van der Waals surface area contributed by atoms with Crippen molar-refractivity contribution >= 4 is 11.8 Å². The maximum Gasteiger partial charge on any atom is 0.133 e. The van der Waals surface area contributed by atoms with E-state index in [1.165, 1.54) is 72.7 Å². The van der Waals surface area contributed by atoms with Gasteiger partial charge in [0.15, 0.2) is 0 Å². The van der Waals surface area contributed by atoms with E-state index in [4.69, 9.17) is 4.74 Å². The highest BCUT2D eigenvalue weighted by Crippen LogP contribution is 2.56. The van der Waals surface area contributed by atoms with Gasteiger partial charge in [0.05, 0.1) is 12.0 Å². The molecule has 5 rings (SSSR count). The molecule has 2 heterocycles. The zero-order valence-corrected chi connectivity index (χ0v) is 16.4. The Morgan fingerprint density at radius 1 is 1.04 bits per heavy atom. The van der Waals surface area contributed by atoms with Crippen LogP contribution in [0.4, 0.5) is 0 Å². The van der Waals surface area contributed by atoms with Crippen LogP contribution in [0, 0.1) is 5.92 Å². The first-order chi connectivity index (χ1) is 12.8. The Morgan fingerprint density at radius 2 is 1.81 bits per heavy atom. The Morgan fingerprint density at radius 3 is 2.54 bits per heavy atom. The maximum absolute atomic E-state index is 5.73. The zero-order valence-electron chi connectivity index (χ0n) is 15.5. The van der Waals surface area contributed by atoms with Gasteiger partial charge in [-0.25, -0.2) is 0 Å². The van der Waals surface area contributed by atoms with E-state index in [2.05, 4.69) is 47.4 Å². The molecule has 3 aliphatic rings. The molecule has 0 aromatic heterocycles. The molecule has 2 nitrogen and oxygen atoms in total. The summed E-state index contributed by atoms with van der Waals surface area (Å²) in [4.78, 5) is 5.47. The molecule has 26 heavy (non-hydrogen) atoms. The van der Waals surface area contributed by atoms with Gasteiger partial charge in [0, 0.05) is 16.9 Å². The zero-order chi connectivity index (χ0) is 17.6. The van der Waals surface area contributed by atoms with E-state index in [1.807, 2.05) is 11.8 Å². The van der Waals surface area contributed by atoms with Gasteiger partial charge in [-0.15, -0.1) is 0 Å². The molecule has 0 atom stereocenters. The van der Waals surface area contributed by atoms with Crippen LogP contribution >= 0.6 is 11.8 Å². The summed E-state index contributed by atoms with van der Waals surface area (Å²) in [6, 6.07) is 15.7. The van der Waals surface area contributed by atoms with Gasteiger partial charge in [0.2, 0.25) is 0 Å². The lowest BCUT2D eigenvalue weighted by molar-refractivity contribution is 0.126. The van der Waals surface area contributed by atoms with Crippen LogP contribution in [0.25, 0.3) is 0 Å². The largest absolute Gasteiger partial charge is 0.496 e. The number of likely N-dealkylation sites (tertiary alicyclic amines) is 1. The fourth-order valence-electron chi connectivity index (χ4n) is 5.06. The molecule has 0 bridgehead atoms. The molecule has 2 aromatic rings. The van der Waals surface area contributed by atoms with E-state index in [-0.39, 0.29) is 5.41 Å². The highest BCUT2D eigenvalue weighted by molar-refractivity contribution is 7.99.